The van der Waals surface area contributed by atoms with Gasteiger partial charge in [0.1, 0.15) is 11.6 Å². The highest BCUT2D eigenvalue weighted by molar-refractivity contribution is 5.96. The first-order valence-electron chi connectivity index (χ1n) is 16.1. The van der Waals surface area contributed by atoms with Crippen LogP contribution in [-0.4, -0.2) is 58.8 Å². The smallest absolute Gasteiger partial charge is 0.328 e. The zero-order valence-corrected chi connectivity index (χ0v) is 26.3. The number of hydrogen-bond acceptors (Lipinski definition) is 7. The Morgan fingerprint density at radius 2 is 1.86 bits per heavy atom. The molecule has 3 N–H and O–H groups in total. The highest BCUT2D eigenvalue weighted by Gasteiger charge is 2.65. The molecule has 0 bridgehead atoms. The van der Waals surface area contributed by atoms with Crippen molar-refractivity contribution < 1.29 is 29.1 Å². The summed E-state index contributed by atoms with van der Waals surface area (Å²) in [6.07, 6.45) is 11.4. The molecule has 2 aromatic rings. The van der Waals surface area contributed by atoms with Crippen molar-refractivity contribution in [2.75, 3.05) is 13.7 Å². The Kier molecular flexibility index (Phi) is 7.97. The predicted molar refractivity (Wildman–Crippen MR) is 167 cm³/mol. The summed E-state index contributed by atoms with van der Waals surface area (Å²) in [5, 5.41) is 19.5. The van der Waals surface area contributed by atoms with Gasteiger partial charge < -0.3 is 25.0 Å². The summed E-state index contributed by atoms with van der Waals surface area (Å²) < 4.78 is 4.95. The molecule has 0 aliphatic heterocycles. The number of amides is 1. The van der Waals surface area contributed by atoms with E-state index in [9.17, 15) is 19.5 Å². The minimum absolute atomic E-state index is 0.0632. The Hall–Kier alpha value is -3.46. The van der Waals surface area contributed by atoms with Crippen LogP contribution in [0.15, 0.2) is 47.3 Å². The van der Waals surface area contributed by atoms with E-state index in [1.807, 2.05) is 30.5 Å². The first-order valence-corrected chi connectivity index (χ1v) is 16.1. The van der Waals surface area contributed by atoms with Crippen LogP contribution in [0.1, 0.15) is 77.7 Å². The number of aromatic nitrogens is 1. The zero-order valence-electron chi connectivity index (χ0n) is 26.3. The van der Waals surface area contributed by atoms with Gasteiger partial charge in [-0.25, -0.2) is 4.79 Å². The summed E-state index contributed by atoms with van der Waals surface area (Å²) in [5.41, 5.74) is 2.63. The fourth-order valence-corrected chi connectivity index (χ4v) is 9.50. The molecule has 1 aromatic heterocycles. The number of nitrogens with one attached hydrogen (secondary N) is 2. The molecule has 1 amide bonds. The quantitative estimate of drug-likeness (QED) is 0.287. The molecule has 7 atom stereocenters. The average molecular weight is 604 g/mol. The second-order valence-electron chi connectivity index (χ2n) is 14.0. The third-order valence-corrected chi connectivity index (χ3v) is 12.0. The number of esters is 1. The molecule has 6 rings (SSSR count). The van der Waals surface area contributed by atoms with Crippen molar-refractivity contribution in [1.29, 1.82) is 0 Å². The van der Waals surface area contributed by atoms with Crippen LogP contribution in [0.2, 0.25) is 0 Å². The Morgan fingerprint density at radius 1 is 1.09 bits per heavy atom. The van der Waals surface area contributed by atoms with E-state index in [-0.39, 0.29) is 29.6 Å². The van der Waals surface area contributed by atoms with E-state index < -0.39 is 23.5 Å². The van der Waals surface area contributed by atoms with Crippen molar-refractivity contribution in [3.05, 3.63) is 47.7 Å². The number of carbonyl (C=O) groups is 3. The fraction of sp³-hybridized carbons (Fsp3) is 0.600. The number of allylic oxidation sites excluding steroid dienone is 2. The molecule has 236 valence electrons. The van der Waals surface area contributed by atoms with E-state index in [0.717, 1.165) is 67.1 Å². The van der Waals surface area contributed by atoms with Crippen LogP contribution >= 0.6 is 0 Å². The molecule has 9 nitrogen and oxygen atoms in total. The third kappa shape index (κ3) is 4.97. The van der Waals surface area contributed by atoms with Crippen LogP contribution in [-0.2, 0) is 30.4 Å². The minimum Gasteiger partial charge on any atom is -0.467 e. The Labute approximate surface area is 258 Å². The number of rotatable bonds is 8. The molecule has 3 saturated carbocycles. The third-order valence-electron chi connectivity index (χ3n) is 12.0. The molecule has 1 aromatic carbocycles. The average Bonchev–Trinajstić information content (AvgIpc) is 3.54. The van der Waals surface area contributed by atoms with Gasteiger partial charge in [0.2, 0.25) is 0 Å². The van der Waals surface area contributed by atoms with E-state index >= 15 is 0 Å². The van der Waals surface area contributed by atoms with Crippen LogP contribution in [0.25, 0.3) is 10.9 Å². The van der Waals surface area contributed by atoms with Crippen molar-refractivity contribution in [1.82, 2.24) is 10.3 Å². The number of hydrogen-bond donors (Lipinski definition) is 3. The molecule has 3 fully saturated rings. The van der Waals surface area contributed by atoms with Gasteiger partial charge in [-0.15, -0.1) is 0 Å². The SMILES string of the molecule is COC(=O)[C@H](Cc1c[nH]c2ccccc12)NC(=O)CON=C1C=C2CC[C@H]3[C@H](CC[C@@]4(C)[C@H]3CC[C@]4(O)C(C)=O)[C@@]2(C)CC1. The Balaban J connectivity index is 1.08. The van der Waals surface area contributed by atoms with Gasteiger partial charge in [-0.1, -0.05) is 42.8 Å². The standard InChI is InChI=1S/C35H45N3O6/c1-21(39)35(42)16-13-28-26-10-9-23-18-24(11-14-33(23,2)27(26)12-15-34(28,35)3)38-44-20-31(40)37-30(32(41)43-4)17-22-19-36-29-8-6-5-7-25(22)29/h5-8,18-19,26-28,30,36,42H,9-17,20H2,1-4H3,(H,37,40)/t26-,27-,28-,30-,33-,34-,35-/m0/s1. The molecular formula is C35H45N3O6. The second kappa shape index (κ2) is 11.5. The van der Waals surface area contributed by atoms with Crippen molar-refractivity contribution in [2.45, 2.75) is 90.2 Å². The topological polar surface area (TPSA) is 130 Å². The summed E-state index contributed by atoms with van der Waals surface area (Å²) in [4.78, 5) is 46.5. The van der Waals surface area contributed by atoms with Crippen molar-refractivity contribution in [3.8, 4) is 0 Å². The van der Waals surface area contributed by atoms with Crippen LogP contribution < -0.4 is 5.32 Å². The summed E-state index contributed by atoms with van der Waals surface area (Å²) >= 11 is 0. The van der Waals surface area contributed by atoms with Crippen molar-refractivity contribution in [3.63, 3.8) is 0 Å². The molecule has 1 heterocycles. The van der Waals surface area contributed by atoms with Crippen molar-refractivity contribution >= 4 is 34.3 Å². The molecule has 44 heavy (non-hydrogen) atoms. The van der Waals surface area contributed by atoms with Gasteiger partial charge >= 0.3 is 5.97 Å². The highest BCUT2D eigenvalue weighted by Crippen LogP contribution is 2.67. The molecule has 4 aliphatic carbocycles. The maximum absolute atomic E-state index is 12.8. The maximum Gasteiger partial charge on any atom is 0.328 e. The number of methoxy groups -OCH3 is 1. The highest BCUT2D eigenvalue weighted by atomic mass is 16.6. The normalized spacial score (nSPS) is 34.3. The number of ketones is 1. The minimum atomic E-state index is -1.19. The number of para-hydroxylation sites is 1. The van der Waals surface area contributed by atoms with Gasteiger partial charge in [-0.3, -0.25) is 9.59 Å². The van der Waals surface area contributed by atoms with Gasteiger partial charge in [-0.2, -0.15) is 0 Å². The lowest BCUT2D eigenvalue weighted by molar-refractivity contribution is -0.159. The molecular weight excluding hydrogens is 558 g/mol. The largest absolute Gasteiger partial charge is 0.467 e. The van der Waals surface area contributed by atoms with Crippen LogP contribution in [0.3, 0.4) is 0 Å². The molecule has 0 saturated heterocycles. The van der Waals surface area contributed by atoms with Crippen molar-refractivity contribution in [2.24, 2.45) is 33.7 Å². The lowest BCUT2D eigenvalue weighted by atomic mass is 9.46. The first-order chi connectivity index (χ1) is 21.0. The second-order valence-corrected chi connectivity index (χ2v) is 14.0. The number of aliphatic hydroxyl groups is 1. The van der Waals surface area contributed by atoms with Gasteiger partial charge in [0, 0.05) is 28.9 Å². The van der Waals surface area contributed by atoms with E-state index in [1.165, 1.54) is 12.7 Å². The van der Waals surface area contributed by atoms with Gasteiger partial charge in [0.05, 0.1) is 12.8 Å². The molecule has 0 spiro atoms. The van der Waals surface area contributed by atoms with E-state index in [2.05, 4.69) is 35.4 Å². The van der Waals surface area contributed by atoms with E-state index in [4.69, 9.17) is 9.57 Å². The molecule has 0 unspecified atom stereocenters. The van der Waals surface area contributed by atoms with Crippen LogP contribution in [0, 0.1) is 28.6 Å². The number of benzene rings is 1. The van der Waals surface area contributed by atoms with Crippen LogP contribution in [0.4, 0.5) is 0 Å². The monoisotopic (exact) mass is 603 g/mol. The van der Waals surface area contributed by atoms with E-state index in [1.54, 1.807) is 6.92 Å². The summed E-state index contributed by atoms with van der Waals surface area (Å²) in [7, 11) is 1.31. The predicted octanol–water partition coefficient (Wildman–Crippen LogP) is 5.02. The number of H-pyrrole nitrogens is 1. The fourth-order valence-electron chi connectivity index (χ4n) is 9.50. The van der Waals surface area contributed by atoms with Gasteiger partial charge in [0.15, 0.2) is 12.4 Å². The zero-order chi connectivity index (χ0) is 31.3. The Bertz CT molecular complexity index is 1530. The lowest BCUT2D eigenvalue weighted by Gasteiger charge is -2.59. The van der Waals surface area contributed by atoms with Crippen LogP contribution in [0.5, 0.6) is 0 Å². The lowest BCUT2D eigenvalue weighted by Crippen LogP contribution is -2.57. The number of fused-ring (bicyclic) bond motifs is 6. The summed E-state index contributed by atoms with van der Waals surface area (Å²) in [6.45, 7) is 5.80. The Morgan fingerprint density at radius 3 is 2.64 bits per heavy atom. The van der Waals surface area contributed by atoms with E-state index in [0.29, 0.717) is 24.2 Å². The molecule has 0 radical (unpaired) electrons. The molecule has 9 heteroatoms. The number of ether oxygens (including phenoxy) is 1. The molecule has 4 aliphatic rings. The van der Waals surface area contributed by atoms with Gasteiger partial charge in [0.25, 0.3) is 5.91 Å². The first kappa shape index (κ1) is 30.6. The number of nitrogens with zero attached hydrogens (tertiary/aromatic N) is 1. The maximum atomic E-state index is 12.8. The number of carbonyl (C=O) groups excluding carboxylic acids is 3. The number of Topliss-reactive ketones (excluding diaryl/α,β-unsaturated/α-hetero) is 1. The summed E-state index contributed by atoms with van der Waals surface area (Å²) in [5.74, 6) is 0.366. The van der Waals surface area contributed by atoms with Gasteiger partial charge in [-0.05, 0) is 99.2 Å². The number of oxime groups is 1. The number of aromatic amines is 1. The summed E-state index contributed by atoms with van der Waals surface area (Å²) in [6, 6.07) is 6.96.